The lowest BCUT2D eigenvalue weighted by Gasteiger charge is -2.16. The van der Waals surface area contributed by atoms with Crippen molar-refractivity contribution >= 4 is 5.91 Å². The van der Waals surface area contributed by atoms with Crippen LogP contribution >= 0.6 is 0 Å². The van der Waals surface area contributed by atoms with Crippen molar-refractivity contribution in [2.75, 3.05) is 0 Å². The highest BCUT2D eigenvalue weighted by atomic mass is 19.4. The van der Waals surface area contributed by atoms with Crippen LogP contribution in [0, 0.1) is 5.82 Å². The molecule has 0 fully saturated rings. The molecule has 104 valence electrons. The maximum atomic E-state index is 13.2. The Kier molecular flexibility index (Phi) is 3.48. The van der Waals surface area contributed by atoms with Crippen LogP contribution in [-0.4, -0.2) is 5.91 Å². The Balaban J connectivity index is 2.73. The molecule has 0 unspecified atom stereocenters. The van der Waals surface area contributed by atoms with Crippen LogP contribution in [0.15, 0.2) is 42.5 Å². The van der Waals surface area contributed by atoms with E-state index in [2.05, 4.69) is 0 Å². The Hall–Kier alpha value is -2.37. The zero-order valence-corrected chi connectivity index (χ0v) is 10.0. The first-order valence-electron chi connectivity index (χ1n) is 5.56. The van der Waals surface area contributed by atoms with Gasteiger partial charge in [0.15, 0.2) is 0 Å². The SMILES string of the molecule is NC(=O)c1cccc(-c2ccc(F)cc2)c1C(F)(F)F. The van der Waals surface area contributed by atoms with Crippen LogP contribution in [0.25, 0.3) is 11.1 Å². The van der Waals surface area contributed by atoms with Crippen LogP contribution in [0.3, 0.4) is 0 Å². The fourth-order valence-corrected chi connectivity index (χ4v) is 1.93. The number of primary amides is 1. The van der Waals surface area contributed by atoms with Gasteiger partial charge in [0.1, 0.15) is 5.82 Å². The number of benzene rings is 2. The molecule has 2 N–H and O–H groups in total. The van der Waals surface area contributed by atoms with Gasteiger partial charge >= 0.3 is 6.18 Å². The van der Waals surface area contributed by atoms with Crippen molar-refractivity contribution in [3.63, 3.8) is 0 Å². The van der Waals surface area contributed by atoms with Crippen LogP contribution in [0.4, 0.5) is 17.6 Å². The zero-order chi connectivity index (χ0) is 14.9. The zero-order valence-electron chi connectivity index (χ0n) is 10.0. The third kappa shape index (κ3) is 2.64. The van der Waals surface area contributed by atoms with E-state index in [1.54, 1.807) is 0 Å². The molecule has 2 aromatic rings. The Morgan fingerprint density at radius 3 is 2.10 bits per heavy atom. The van der Waals surface area contributed by atoms with Gasteiger partial charge in [0.05, 0.1) is 11.1 Å². The second-order valence-corrected chi connectivity index (χ2v) is 4.10. The van der Waals surface area contributed by atoms with Crippen molar-refractivity contribution in [3.8, 4) is 11.1 Å². The number of hydrogen-bond acceptors (Lipinski definition) is 1. The molecule has 0 heterocycles. The molecule has 0 radical (unpaired) electrons. The molecule has 0 saturated heterocycles. The fraction of sp³-hybridized carbons (Fsp3) is 0.0714. The van der Waals surface area contributed by atoms with E-state index < -0.39 is 29.0 Å². The van der Waals surface area contributed by atoms with Gasteiger partial charge in [-0.1, -0.05) is 24.3 Å². The van der Waals surface area contributed by atoms with Crippen molar-refractivity contribution in [1.82, 2.24) is 0 Å². The first-order valence-corrected chi connectivity index (χ1v) is 5.56. The predicted octanol–water partition coefficient (Wildman–Crippen LogP) is 3.61. The Morgan fingerprint density at radius 1 is 1.00 bits per heavy atom. The smallest absolute Gasteiger partial charge is 0.366 e. The van der Waals surface area contributed by atoms with Gasteiger partial charge in [-0.25, -0.2) is 4.39 Å². The minimum Gasteiger partial charge on any atom is -0.366 e. The van der Waals surface area contributed by atoms with E-state index >= 15 is 0 Å². The number of nitrogens with two attached hydrogens (primary N) is 1. The summed E-state index contributed by atoms with van der Waals surface area (Å²) in [6.07, 6.45) is -4.74. The van der Waals surface area contributed by atoms with Crippen LogP contribution in [0.5, 0.6) is 0 Å². The molecular weight excluding hydrogens is 274 g/mol. The number of carbonyl (C=O) groups is 1. The molecular formula is C14H9F4NO. The third-order valence-corrected chi connectivity index (χ3v) is 2.77. The summed E-state index contributed by atoms with van der Waals surface area (Å²) in [5.74, 6) is -1.73. The third-order valence-electron chi connectivity index (χ3n) is 2.77. The maximum Gasteiger partial charge on any atom is 0.417 e. The molecule has 0 aliphatic carbocycles. The van der Waals surface area contributed by atoms with Gasteiger partial charge in [-0.3, -0.25) is 4.79 Å². The minimum absolute atomic E-state index is 0.154. The van der Waals surface area contributed by atoms with E-state index in [1.165, 1.54) is 24.3 Å². The summed E-state index contributed by atoms with van der Waals surface area (Å²) >= 11 is 0. The summed E-state index contributed by atoms with van der Waals surface area (Å²) < 4.78 is 52.3. The quantitative estimate of drug-likeness (QED) is 0.841. The number of alkyl halides is 3. The lowest BCUT2D eigenvalue weighted by molar-refractivity contribution is -0.137. The maximum absolute atomic E-state index is 13.2. The van der Waals surface area contributed by atoms with Crippen LogP contribution < -0.4 is 5.73 Å². The van der Waals surface area contributed by atoms with Gasteiger partial charge < -0.3 is 5.73 Å². The van der Waals surface area contributed by atoms with Crippen molar-refractivity contribution in [2.24, 2.45) is 5.73 Å². The second-order valence-electron chi connectivity index (χ2n) is 4.10. The summed E-state index contributed by atoms with van der Waals surface area (Å²) in [7, 11) is 0. The highest BCUT2D eigenvalue weighted by Gasteiger charge is 2.37. The van der Waals surface area contributed by atoms with Crippen molar-refractivity contribution in [2.45, 2.75) is 6.18 Å². The summed E-state index contributed by atoms with van der Waals surface area (Å²) in [5, 5.41) is 0. The average molecular weight is 283 g/mol. The number of carbonyl (C=O) groups excluding carboxylic acids is 1. The molecule has 0 saturated carbocycles. The lowest BCUT2D eigenvalue weighted by atomic mass is 9.94. The molecule has 0 aliphatic rings. The first-order chi connectivity index (χ1) is 9.30. The monoisotopic (exact) mass is 283 g/mol. The highest BCUT2D eigenvalue weighted by Crippen LogP contribution is 2.39. The Bertz CT molecular complexity index is 647. The van der Waals surface area contributed by atoms with Gasteiger partial charge in [-0.2, -0.15) is 13.2 Å². The second kappa shape index (κ2) is 4.96. The Labute approximate surface area is 111 Å². The molecule has 2 aromatic carbocycles. The van der Waals surface area contributed by atoms with Crippen LogP contribution in [0.2, 0.25) is 0 Å². The normalized spacial score (nSPS) is 11.4. The highest BCUT2D eigenvalue weighted by molar-refractivity contribution is 5.96. The lowest BCUT2D eigenvalue weighted by Crippen LogP contribution is -2.19. The summed E-state index contributed by atoms with van der Waals surface area (Å²) in [6.45, 7) is 0. The molecule has 0 atom stereocenters. The standard InChI is InChI=1S/C14H9F4NO/c15-9-6-4-8(5-7-9)10-2-1-3-11(13(19)20)12(10)14(16,17)18/h1-7H,(H2,19,20). The number of rotatable bonds is 2. The summed E-state index contributed by atoms with van der Waals surface area (Å²) in [6, 6.07) is 8.04. The van der Waals surface area contributed by atoms with Crippen molar-refractivity contribution in [1.29, 1.82) is 0 Å². The number of amides is 1. The van der Waals surface area contributed by atoms with E-state index in [-0.39, 0.29) is 11.1 Å². The van der Waals surface area contributed by atoms with Crippen molar-refractivity contribution < 1.29 is 22.4 Å². The van der Waals surface area contributed by atoms with Gasteiger partial charge in [0.25, 0.3) is 0 Å². The molecule has 2 rings (SSSR count). The largest absolute Gasteiger partial charge is 0.417 e. The van der Waals surface area contributed by atoms with Gasteiger partial charge in [0.2, 0.25) is 5.91 Å². The van der Waals surface area contributed by atoms with Crippen molar-refractivity contribution in [3.05, 3.63) is 59.4 Å². The number of halogens is 4. The van der Waals surface area contributed by atoms with Crippen LogP contribution in [0.1, 0.15) is 15.9 Å². The molecule has 20 heavy (non-hydrogen) atoms. The molecule has 0 aromatic heterocycles. The molecule has 0 spiro atoms. The summed E-state index contributed by atoms with van der Waals surface area (Å²) in [4.78, 5) is 11.2. The van der Waals surface area contributed by atoms with Crippen LogP contribution in [-0.2, 0) is 6.18 Å². The summed E-state index contributed by atoms with van der Waals surface area (Å²) in [5.41, 5.74) is 3.20. The molecule has 2 nitrogen and oxygen atoms in total. The predicted molar refractivity (Wildman–Crippen MR) is 65.4 cm³/mol. The molecule has 6 heteroatoms. The fourth-order valence-electron chi connectivity index (χ4n) is 1.93. The van der Waals surface area contributed by atoms with E-state index in [0.717, 1.165) is 18.2 Å². The minimum atomic E-state index is -4.74. The average Bonchev–Trinajstić information content (AvgIpc) is 2.37. The van der Waals surface area contributed by atoms with Gasteiger partial charge in [-0.15, -0.1) is 0 Å². The topological polar surface area (TPSA) is 43.1 Å². The van der Waals surface area contributed by atoms with Gasteiger partial charge in [-0.05, 0) is 29.3 Å². The van der Waals surface area contributed by atoms with E-state index in [1.807, 2.05) is 0 Å². The van der Waals surface area contributed by atoms with E-state index in [4.69, 9.17) is 5.73 Å². The Morgan fingerprint density at radius 2 is 1.60 bits per heavy atom. The van der Waals surface area contributed by atoms with Gasteiger partial charge in [0, 0.05) is 0 Å². The molecule has 0 aliphatic heterocycles. The van der Waals surface area contributed by atoms with E-state index in [9.17, 15) is 22.4 Å². The number of hydrogen-bond donors (Lipinski definition) is 1. The molecule has 0 bridgehead atoms. The first kappa shape index (κ1) is 14.0. The van der Waals surface area contributed by atoms with E-state index in [0.29, 0.717) is 0 Å². The molecule has 1 amide bonds.